The van der Waals surface area contributed by atoms with Crippen molar-refractivity contribution in [3.05, 3.63) is 28.0 Å². The van der Waals surface area contributed by atoms with Crippen LogP contribution < -0.4 is 10.2 Å². The van der Waals surface area contributed by atoms with Crippen LogP contribution in [0.25, 0.3) is 0 Å². The molecule has 1 amide bonds. The molecule has 3 rings (SSSR count). The van der Waals surface area contributed by atoms with E-state index in [9.17, 15) is 9.18 Å². The summed E-state index contributed by atoms with van der Waals surface area (Å²) in [5, 5.41) is 11.9. The second kappa shape index (κ2) is 11.2. The molecule has 1 saturated heterocycles. The van der Waals surface area contributed by atoms with Crippen molar-refractivity contribution in [3.63, 3.8) is 0 Å². The number of hydrogen-bond acceptors (Lipinski definition) is 4. The number of halogens is 3. The zero-order valence-corrected chi connectivity index (χ0v) is 18.7. The highest BCUT2D eigenvalue weighted by Gasteiger charge is 2.25. The molecule has 5 nitrogen and oxygen atoms in total. The highest BCUT2D eigenvalue weighted by molar-refractivity contribution is 6.42. The number of hydrogen-bond donors (Lipinski definition) is 1. The highest BCUT2D eigenvalue weighted by Crippen LogP contribution is 2.32. The monoisotopic (exact) mass is 454 g/mol. The third-order valence-corrected chi connectivity index (χ3v) is 7.04. The Morgan fingerprint density at radius 3 is 2.53 bits per heavy atom. The SMILES string of the molecule is N#CCCC(=O)N[C@H]1CC[C@H](CCN2CCN(c3ccc(Cl)c(Cl)c3F)CC2)CC1. The maximum absolute atomic E-state index is 14.4. The van der Waals surface area contributed by atoms with Gasteiger partial charge in [0.25, 0.3) is 0 Å². The Labute approximate surface area is 188 Å². The van der Waals surface area contributed by atoms with Gasteiger partial charge in [0.2, 0.25) is 5.91 Å². The molecule has 1 saturated carbocycles. The van der Waals surface area contributed by atoms with E-state index < -0.39 is 5.82 Å². The first-order valence-corrected chi connectivity index (χ1v) is 11.5. The zero-order valence-electron chi connectivity index (χ0n) is 17.2. The van der Waals surface area contributed by atoms with Gasteiger partial charge < -0.3 is 10.2 Å². The minimum atomic E-state index is -0.436. The molecular formula is C22H29Cl2FN4O. The number of nitrogens with zero attached hydrogens (tertiary/aromatic N) is 3. The van der Waals surface area contributed by atoms with Gasteiger partial charge >= 0.3 is 0 Å². The van der Waals surface area contributed by atoms with Gasteiger partial charge in [-0.1, -0.05) is 23.2 Å². The number of carbonyl (C=O) groups is 1. The predicted molar refractivity (Wildman–Crippen MR) is 118 cm³/mol. The van der Waals surface area contributed by atoms with E-state index in [0.29, 0.717) is 18.0 Å². The van der Waals surface area contributed by atoms with Crippen molar-refractivity contribution in [2.24, 2.45) is 5.92 Å². The number of piperazine rings is 1. The quantitative estimate of drug-likeness (QED) is 0.610. The normalized spacial score (nSPS) is 22.5. The number of carbonyl (C=O) groups excluding carboxylic acids is 1. The highest BCUT2D eigenvalue weighted by atomic mass is 35.5. The van der Waals surface area contributed by atoms with Crippen LogP contribution in [0, 0.1) is 23.1 Å². The average molecular weight is 455 g/mol. The van der Waals surface area contributed by atoms with Gasteiger partial charge in [-0.3, -0.25) is 9.69 Å². The molecular weight excluding hydrogens is 426 g/mol. The smallest absolute Gasteiger partial charge is 0.221 e. The molecule has 1 aromatic rings. The van der Waals surface area contributed by atoms with Gasteiger partial charge in [0, 0.05) is 45.1 Å². The zero-order chi connectivity index (χ0) is 21.5. The summed E-state index contributed by atoms with van der Waals surface area (Å²) in [5.41, 5.74) is 0.527. The summed E-state index contributed by atoms with van der Waals surface area (Å²) in [6.07, 6.45) is 6.06. The molecule has 0 aromatic heterocycles. The van der Waals surface area contributed by atoms with Crippen LogP contribution in [0.15, 0.2) is 12.1 Å². The van der Waals surface area contributed by atoms with E-state index in [4.69, 9.17) is 28.5 Å². The molecule has 0 radical (unpaired) electrons. The summed E-state index contributed by atoms with van der Waals surface area (Å²) in [4.78, 5) is 16.2. The molecule has 8 heteroatoms. The lowest BCUT2D eigenvalue weighted by atomic mass is 9.84. The molecule has 2 fully saturated rings. The van der Waals surface area contributed by atoms with Crippen molar-refractivity contribution in [2.45, 2.75) is 51.0 Å². The molecule has 30 heavy (non-hydrogen) atoms. The van der Waals surface area contributed by atoms with Crippen molar-refractivity contribution in [1.82, 2.24) is 10.2 Å². The summed E-state index contributed by atoms with van der Waals surface area (Å²) >= 11 is 11.8. The lowest BCUT2D eigenvalue weighted by Gasteiger charge is -2.37. The van der Waals surface area contributed by atoms with Gasteiger partial charge in [0.1, 0.15) is 0 Å². The van der Waals surface area contributed by atoms with Crippen LogP contribution in [0.4, 0.5) is 10.1 Å². The lowest BCUT2D eigenvalue weighted by molar-refractivity contribution is -0.122. The van der Waals surface area contributed by atoms with Gasteiger partial charge in [0.05, 0.1) is 21.8 Å². The van der Waals surface area contributed by atoms with Gasteiger partial charge in [-0.15, -0.1) is 0 Å². The van der Waals surface area contributed by atoms with Crippen molar-refractivity contribution in [1.29, 1.82) is 5.26 Å². The van der Waals surface area contributed by atoms with Crippen LogP contribution in [0.5, 0.6) is 0 Å². The summed E-state index contributed by atoms with van der Waals surface area (Å²) in [6.45, 7) is 4.42. The van der Waals surface area contributed by atoms with Crippen LogP contribution >= 0.6 is 23.2 Å². The first kappa shape index (κ1) is 23.1. The molecule has 2 aliphatic rings. The Hall–Kier alpha value is -1.55. The van der Waals surface area contributed by atoms with Crippen molar-refractivity contribution in [3.8, 4) is 6.07 Å². The van der Waals surface area contributed by atoms with E-state index in [0.717, 1.165) is 64.8 Å². The Balaban J connectivity index is 1.35. The van der Waals surface area contributed by atoms with E-state index in [1.807, 2.05) is 11.0 Å². The third-order valence-electron chi connectivity index (χ3n) is 6.26. The molecule has 0 bridgehead atoms. The van der Waals surface area contributed by atoms with Crippen LogP contribution in [0.3, 0.4) is 0 Å². The van der Waals surface area contributed by atoms with Crippen molar-refractivity contribution < 1.29 is 9.18 Å². The Morgan fingerprint density at radius 2 is 1.87 bits per heavy atom. The summed E-state index contributed by atoms with van der Waals surface area (Å²) in [6, 6.07) is 5.63. The molecule has 1 aliphatic heterocycles. The first-order valence-electron chi connectivity index (χ1n) is 10.7. The summed E-state index contributed by atoms with van der Waals surface area (Å²) in [7, 11) is 0. The molecule has 164 valence electrons. The van der Waals surface area contributed by atoms with E-state index in [2.05, 4.69) is 10.2 Å². The molecule has 0 atom stereocenters. The minimum absolute atomic E-state index is 0.00344. The van der Waals surface area contributed by atoms with Crippen molar-refractivity contribution >= 4 is 34.8 Å². The summed E-state index contributed by atoms with van der Waals surface area (Å²) in [5.74, 6) is 0.258. The second-order valence-corrected chi connectivity index (χ2v) is 9.04. The Morgan fingerprint density at radius 1 is 1.17 bits per heavy atom. The van der Waals surface area contributed by atoms with E-state index in [1.54, 1.807) is 12.1 Å². The Bertz CT molecular complexity index is 769. The number of nitrogens with one attached hydrogen (secondary N) is 1. The third kappa shape index (κ3) is 6.23. The predicted octanol–water partition coefficient (Wildman–Crippen LogP) is 4.62. The molecule has 0 unspecified atom stereocenters. The number of rotatable bonds is 7. The van der Waals surface area contributed by atoms with Crippen LogP contribution in [0.1, 0.15) is 44.9 Å². The fourth-order valence-corrected chi connectivity index (χ4v) is 4.71. The second-order valence-electron chi connectivity index (χ2n) is 8.26. The minimum Gasteiger partial charge on any atom is -0.367 e. The van der Waals surface area contributed by atoms with Gasteiger partial charge in [-0.05, 0) is 56.7 Å². The molecule has 1 N–H and O–H groups in total. The Kier molecular flexibility index (Phi) is 8.61. The number of amides is 1. The van der Waals surface area contributed by atoms with E-state index >= 15 is 0 Å². The standard InChI is InChI=1S/C22H29Cl2FN4O/c23-18-7-8-19(22(25)21(18)24)29-14-12-28(13-15-29)11-9-16-3-5-17(6-4-16)27-20(30)2-1-10-26/h7-8,16-17H,1-6,9,11-15H2,(H,27,30)/t16-,17-. The maximum atomic E-state index is 14.4. The van der Waals surface area contributed by atoms with Gasteiger partial charge in [-0.25, -0.2) is 4.39 Å². The number of anilines is 1. The number of benzene rings is 1. The largest absolute Gasteiger partial charge is 0.367 e. The average Bonchev–Trinajstić information content (AvgIpc) is 2.76. The van der Waals surface area contributed by atoms with E-state index in [-0.39, 0.29) is 28.4 Å². The van der Waals surface area contributed by atoms with E-state index in [1.165, 1.54) is 0 Å². The maximum Gasteiger partial charge on any atom is 0.221 e. The fourth-order valence-electron chi connectivity index (χ4n) is 4.40. The molecule has 0 spiro atoms. The van der Waals surface area contributed by atoms with Crippen LogP contribution in [-0.2, 0) is 4.79 Å². The topological polar surface area (TPSA) is 59.4 Å². The van der Waals surface area contributed by atoms with Crippen molar-refractivity contribution in [2.75, 3.05) is 37.6 Å². The molecule has 1 aliphatic carbocycles. The fraction of sp³-hybridized carbons (Fsp3) is 0.636. The molecule has 1 heterocycles. The first-order chi connectivity index (χ1) is 14.5. The lowest BCUT2D eigenvalue weighted by Crippen LogP contribution is -2.47. The van der Waals surface area contributed by atoms with Crippen LogP contribution in [0.2, 0.25) is 10.0 Å². The van der Waals surface area contributed by atoms with Crippen LogP contribution in [-0.4, -0.2) is 49.6 Å². The van der Waals surface area contributed by atoms with Gasteiger partial charge in [-0.2, -0.15) is 5.26 Å². The molecule has 1 aromatic carbocycles. The van der Waals surface area contributed by atoms with Gasteiger partial charge in [0.15, 0.2) is 5.82 Å². The number of nitriles is 1. The summed E-state index contributed by atoms with van der Waals surface area (Å²) < 4.78 is 14.4.